The molecule has 0 radical (unpaired) electrons. The van der Waals surface area contributed by atoms with Crippen LogP contribution in [0.2, 0.25) is 0 Å². The second kappa shape index (κ2) is 11.2. The number of aromatic nitrogens is 1. The fourth-order valence-electron chi connectivity index (χ4n) is 4.16. The maximum atomic E-state index is 13.7. The number of nitrogens with zero attached hydrogens (tertiary/aromatic N) is 1. The minimum Gasteiger partial charge on any atom is -0.497 e. The quantitative estimate of drug-likeness (QED) is 0.197. The monoisotopic (exact) mass is 586 g/mol. The molecule has 0 atom stereocenters. The van der Waals surface area contributed by atoms with E-state index in [4.69, 9.17) is 14.5 Å². The molecule has 5 aromatic rings. The molecule has 0 spiro atoms. The summed E-state index contributed by atoms with van der Waals surface area (Å²) < 4.78 is 11.7. The molecule has 2 heterocycles. The summed E-state index contributed by atoms with van der Waals surface area (Å²) in [4.78, 5) is 31.5. The van der Waals surface area contributed by atoms with E-state index < -0.39 is 5.97 Å². The molecule has 0 unspecified atom stereocenters. The van der Waals surface area contributed by atoms with E-state index in [-0.39, 0.29) is 12.5 Å². The highest BCUT2D eigenvalue weighted by Gasteiger charge is 2.24. The van der Waals surface area contributed by atoms with Crippen LogP contribution in [0.3, 0.4) is 0 Å². The van der Waals surface area contributed by atoms with Crippen LogP contribution < -0.4 is 10.1 Å². The van der Waals surface area contributed by atoms with Gasteiger partial charge in [0.2, 0.25) is 0 Å². The van der Waals surface area contributed by atoms with Gasteiger partial charge in [-0.3, -0.25) is 4.79 Å². The molecule has 2 aromatic heterocycles. The lowest BCUT2D eigenvalue weighted by molar-refractivity contribution is 0.0529. The largest absolute Gasteiger partial charge is 0.497 e. The second-order valence-electron chi connectivity index (χ2n) is 8.34. The van der Waals surface area contributed by atoms with Crippen molar-refractivity contribution in [2.75, 3.05) is 19.0 Å². The minimum absolute atomic E-state index is 0.223. The number of methoxy groups -OCH3 is 1. The first-order valence-electron chi connectivity index (χ1n) is 11.9. The molecule has 3 aromatic carbocycles. The second-order valence-corrected chi connectivity index (χ2v) is 10.1. The average Bonchev–Trinajstić information content (AvgIpc) is 3.36. The topological polar surface area (TPSA) is 77.5 Å². The van der Waals surface area contributed by atoms with E-state index in [9.17, 15) is 9.59 Å². The van der Waals surface area contributed by atoms with Crippen LogP contribution in [0.1, 0.15) is 27.6 Å². The van der Waals surface area contributed by atoms with Crippen LogP contribution in [-0.4, -0.2) is 30.6 Å². The third kappa shape index (κ3) is 5.18. The number of nitrogens with one attached hydrogen (secondary N) is 1. The van der Waals surface area contributed by atoms with E-state index in [1.54, 1.807) is 20.1 Å². The summed E-state index contributed by atoms with van der Waals surface area (Å²) in [5.41, 5.74) is 4.48. The van der Waals surface area contributed by atoms with Gasteiger partial charge in [0.1, 0.15) is 16.3 Å². The van der Waals surface area contributed by atoms with Gasteiger partial charge in [-0.25, -0.2) is 9.78 Å². The van der Waals surface area contributed by atoms with Crippen molar-refractivity contribution < 1.29 is 19.1 Å². The van der Waals surface area contributed by atoms with Crippen molar-refractivity contribution in [1.29, 1.82) is 0 Å². The molecule has 5 rings (SSSR count). The molecule has 0 saturated heterocycles. The molecule has 38 heavy (non-hydrogen) atoms. The van der Waals surface area contributed by atoms with Crippen molar-refractivity contribution >= 4 is 55.0 Å². The summed E-state index contributed by atoms with van der Waals surface area (Å²) in [7, 11) is 1.61. The number of halogens is 1. The summed E-state index contributed by atoms with van der Waals surface area (Å²) in [6.45, 7) is 1.98. The number of carbonyl (C=O) groups is 2. The summed E-state index contributed by atoms with van der Waals surface area (Å²) >= 11 is 4.73. The lowest BCUT2D eigenvalue weighted by Gasteiger charge is -2.12. The summed E-state index contributed by atoms with van der Waals surface area (Å²) in [6.07, 6.45) is 0. The van der Waals surface area contributed by atoms with Gasteiger partial charge in [-0.1, -0.05) is 58.4 Å². The van der Waals surface area contributed by atoms with Crippen molar-refractivity contribution in [1.82, 2.24) is 4.98 Å². The molecule has 1 amide bonds. The Labute approximate surface area is 232 Å². The van der Waals surface area contributed by atoms with Gasteiger partial charge in [-0.05, 0) is 48.9 Å². The van der Waals surface area contributed by atoms with Crippen molar-refractivity contribution in [2.45, 2.75) is 6.92 Å². The number of carbonyl (C=O) groups excluding carboxylic acids is 2. The third-order valence-corrected chi connectivity index (χ3v) is 7.40. The molecule has 0 aliphatic rings. The molecule has 0 aliphatic carbocycles. The maximum Gasteiger partial charge on any atom is 0.341 e. The zero-order valence-electron chi connectivity index (χ0n) is 20.7. The minimum atomic E-state index is -0.487. The molecule has 8 heteroatoms. The molecule has 6 nitrogen and oxygen atoms in total. The van der Waals surface area contributed by atoms with Crippen LogP contribution in [0, 0.1) is 0 Å². The number of para-hydroxylation sites is 1. The smallest absolute Gasteiger partial charge is 0.341 e. The number of benzene rings is 3. The fourth-order valence-corrected chi connectivity index (χ4v) is 5.38. The Morgan fingerprint density at radius 3 is 2.53 bits per heavy atom. The van der Waals surface area contributed by atoms with E-state index in [0.717, 1.165) is 15.6 Å². The molecule has 0 fully saturated rings. The van der Waals surface area contributed by atoms with Gasteiger partial charge in [0.15, 0.2) is 0 Å². The lowest BCUT2D eigenvalue weighted by atomic mass is 10.0. The molecular formula is C30H23BrN2O4S. The van der Waals surface area contributed by atoms with E-state index in [1.165, 1.54) is 11.3 Å². The summed E-state index contributed by atoms with van der Waals surface area (Å²) in [5.74, 6) is -0.136. The number of ether oxygens (including phenoxy) is 2. The zero-order chi connectivity index (χ0) is 26.6. The zero-order valence-corrected chi connectivity index (χ0v) is 23.1. The maximum absolute atomic E-state index is 13.7. The van der Waals surface area contributed by atoms with Gasteiger partial charge >= 0.3 is 5.97 Å². The van der Waals surface area contributed by atoms with Crippen LogP contribution in [0.15, 0.2) is 88.7 Å². The van der Waals surface area contributed by atoms with Gasteiger partial charge in [-0.2, -0.15) is 0 Å². The highest BCUT2D eigenvalue weighted by molar-refractivity contribution is 9.10. The number of hydrogen-bond donors (Lipinski definition) is 1. The Balaban J connectivity index is 1.58. The Hall–Kier alpha value is -4.01. The average molecular weight is 587 g/mol. The predicted molar refractivity (Wildman–Crippen MR) is 155 cm³/mol. The number of amides is 1. The van der Waals surface area contributed by atoms with Crippen molar-refractivity contribution in [3.05, 3.63) is 99.8 Å². The lowest BCUT2D eigenvalue weighted by Crippen LogP contribution is -2.15. The van der Waals surface area contributed by atoms with Crippen molar-refractivity contribution in [3.63, 3.8) is 0 Å². The summed E-state index contributed by atoms with van der Waals surface area (Å²) in [6, 6.07) is 24.4. The molecule has 0 bridgehead atoms. The van der Waals surface area contributed by atoms with Crippen LogP contribution in [0.4, 0.5) is 5.00 Å². The van der Waals surface area contributed by atoms with Crippen LogP contribution in [0.5, 0.6) is 5.75 Å². The SMILES string of the molecule is CCOC(=O)c1c(-c2ccc(Br)cc2)csc1NC(=O)c1cc(-c2cccc(OC)c2)nc2ccccc12. The highest BCUT2D eigenvalue weighted by Crippen LogP contribution is 2.37. The first-order chi connectivity index (χ1) is 18.5. The van der Waals surface area contributed by atoms with Gasteiger partial charge in [0.05, 0.1) is 30.5 Å². The van der Waals surface area contributed by atoms with E-state index in [1.807, 2.05) is 78.2 Å². The molecule has 190 valence electrons. The van der Waals surface area contributed by atoms with Gasteiger partial charge < -0.3 is 14.8 Å². The third-order valence-electron chi connectivity index (χ3n) is 5.98. The molecule has 0 saturated carbocycles. The van der Waals surface area contributed by atoms with Gasteiger partial charge in [0.25, 0.3) is 5.91 Å². The first-order valence-corrected chi connectivity index (χ1v) is 13.6. The number of esters is 1. The van der Waals surface area contributed by atoms with Crippen LogP contribution in [-0.2, 0) is 4.74 Å². The first kappa shape index (κ1) is 25.6. The van der Waals surface area contributed by atoms with Crippen molar-refractivity contribution in [2.24, 2.45) is 0 Å². The van der Waals surface area contributed by atoms with Crippen LogP contribution in [0.25, 0.3) is 33.3 Å². The fraction of sp³-hybridized carbons (Fsp3) is 0.100. The number of thiophene rings is 1. The molecule has 0 aliphatic heterocycles. The van der Waals surface area contributed by atoms with Gasteiger partial charge in [-0.15, -0.1) is 11.3 Å². The van der Waals surface area contributed by atoms with E-state index in [0.29, 0.717) is 44.0 Å². The Kier molecular flexibility index (Phi) is 7.53. The van der Waals surface area contributed by atoms with Crippen molar-refractivity contribution in [3.8, 4) is 28.1 Å². The number of pyridine rings is 1. The standard InChI is InChI=1S/C30H23BrN2O4S/c1-3-37-30(35)27-24(18-11-13-20(31)14-12-18)17-38-29(27)33-28(34)23-16-26(19-7-6-8-21(15-19)36-2)32-25-10-5-4-9-22(23)25/h4-17H,3H2,1-2H3,(H,33,34). The summed E-state index contributed by atoms with van der Waals surface area (Å²) in [5, 5.41) is 5.97. The molecule has 1 N–H and O–H groups in total. The van der Waals surface area contributed by atoms with Gasteiger partial charge in [0, 0.05) is 26.4 Å². The normalized spacial score (nSPS) is 10.8. The number of hydrogen-bond acceptors (Lipinski definition) is 6. The number of rotatable bonds is 7. The Morgan fingerprint density at radius 1 is 0.974 bits per heavy atom. The predicted octanol–water partition coefficient (Wildman–Crippen LogP) is 7.83. The number of fused-ring (bicyclic) bond motifs is 1. The van der Waals surface area contributed by atoms with E-state index in [2.05, 4.69) is 21.2 Å². The Morgan fingerprint density at radius 2 is 1.76 bits per heavy atom. The Bertz CT molecular complexity index is 1650. The molecular weight excluding hydrogens is 564 g/mol. The van der Waals surface area contributed by atoms with Crippen LogP contribution >= 0.6 is 27.3 Å². The number of anilines is 1. The highest BCUT2D eigenvalue weighted by atomic mass is 79.9. The van der Waals surface area contributed by atoms with E-state index >= 15 is 0 Å².